The summed E-state index contributed by atoms with van der Waals surface area (Å²) < 4.78 is 46.1. The van der Waals surface area contributed by atoms with Gasteiger partial charge in [-0.2, -0.15) is 0 Å². The Labute approximate surface area is 122 Å². The molecule has 0 aliphatic rings. The first-order valence-corrected chi connectivity index (χ1v) is 6.47. The zero-order valence-corrected chi connectivity index (χ0v) is 12.0. The van der Waals surface area contributed by atoms with Crippen LogP contribution in [0.3, 0.4) is 0 Å². The topological polar surface area (TPSA) is 35.2 Å². The predicted molar refractivity (Wildman–Crippen MR) is 73.0 cm³/mol. The highest BCUT2D eigenvalue weighted by atomic mass is 79.9. The van der Waals surface area contributed by atoms with E-state index >= 15 is 0 Å². The van der Waals surface area contributed by atoms with Gasteiger partial charge in [0, 0.05) is 17.2 Å². The summed E-state index contributed by atoms with van der Waals surface area (Å²) in [6.45, 7) is 0. The van der Waals surface area contributed by atoms with Gasteiger partial charge >= 0.3 is 0 Å². The Bertz CT molecular complexity index is 628. The van der Waals surface area contributed by atoms with E-state index in [0.717, 1.165) is 18.2 Å². The van der Waals surface area contributed by atoms with Crippen LogP contribution in [0.25, 0.3) is 0 Å². The maximum absolute atomic E-state index is 13.8. The Morgan fingerprint density at radius 2 is 1.70 bits per heavy atom. The van der Waals surface area contributed by atoms with Crippen LogP contribution in [-0.2, 0) is 0 Å². The molecule has 0 aromatic heterocycles. The number of nitrogens with two attached hydrogens (primary N) is 1. The largest absolute Gasteiger partial charge is 0.496 e. The van der Waals surface area contributed by atoms with Crippen LogP contribution in [0.15, 0.2) is 34.8 Å². The van der Waals surface area contributed by atoms with Gasteiger partial charge in [-0.05, 0) is 34.1 Å². The van der Waals surface area contributed by atoms with Gasteiger partial charge in [0.05, 0.1) is 17.6 Å². The van der Waals surface area contributed by atoms with Crippen LogP contribution in [0.2, 0.25) is 0 Å². The molecule has 0 spiro atoms. The average molecular weight is 346 g/mol. The first-order chi connectivity index (χ1) is 9.45. The monoisotopic (exact) mass is 345 g/mol. The second kappa shape index (κ2) is 5.85. The maximum atomic E-state index is 13.8. The van der Waals surface area contributed by atoms with Gasteiger partial charge in [-0.15, -0.1) is 0 Å². The minimum atomic E-state index is -1.11. The van der Waals surface area contributed by atoms with Crippen LogP contribution < -0.4 is 10.5 Å². The van der Waals surface area contributed by atoms with Crippen molar-refractivity contribution in [2.75, 3.05) is 7.11 Å². The van der Waals surface area contributed by atoms with E-state index in [1.54, 1.807) is 0 Å². The molecule has 0 saturated carbocycles. The maximum Gasteiger partial charge on any atom is 0.141 e. The van der Waals surface area contributed by atoms with E-state index in [2.05, 4.69) is 15.9 Å². The molecule has 0 radical (unpaired) electrons. The lowest BCUT2D eigenvalue weighted by Crippen LogP contribution is -2.17. The predicted octanol–water partition coefficient (Wildman–Crippen LogP) is 3.92. The first-order valence-electron chi connectivity index (χ1n) is 5.68. The van der Waals surface area contributed by atoms with Crippen LogP contribution in [0.1, 0.15) is 17.2 Å². The lowest BCUT2D eigenvalue weighted by Gasteiger charge is -2.18. The van der Waals surface area contributed by atoms with Crippen LogP contribution >= 0.6 is 15.9 Å². The summed E-state index contributed by atoms with van der Waals surface area (Å²) >= 11 is 3.01. The number of hydrogen-bond donors (Lipinski definition) is 1. The van der Waals surface area contributed by atoms with E-state index in [-0.39, 0.29) is 21.3 Å². The molecule has 2 rings (SSSR count). The molecule has 0 bridgehead atoms. The van der Waals surface area contributed by atoms with E-state index in [4.69, 9.17) is 10.5 Å². The zero-order valence-electron chi connectivity index (χ0n) is 10.5. The zero-order chi connectivity index (χ0) is 14.9. The molecule has 2 nitrogen and oxygen atoms in total. The molecule has 2 aromatic rings. The van der Waals surface area contributed by atoms with E-state index in [1.165, 1.54) is 19.2 Å². The third kappa shape index (κ3) is 2.66. The second-order valence-corrected chi connectivity index (χ2v) is 4.98. The third-order valence-corrected chi connectivity index (χ3v) is 3.53. The van der Waals surface area contributed by atoms with Gasteiger partial charge in [0.1, 0.15) is 23.2 Å². The highest BCUT2D eigenvalue weighted by molar-refractivity contribution is 9.10. The Morgan fingerprint density at radius 1 is 1.10 bits per heavy atom. The van der Waals surface area contributed by atoms with Gasteiger partial charge in [0.15, 0.2) is 0 Å². The summed E-state index contributed by atoms with van der Waals surface area (Å²) in [6.07, 6.45) is 0. The average Bonchev–Trinajstić information content (AvgIpc) is 2.41. The molecule has 0 fully saturated rings. The van der Waals surface area contributed by atoms with E-state index < -0.39 is 23.5 Å². The smallest absolute Gasteiger partial charge is 0.141 e. The molecule has 0 saturated heterocycles. The molecule has 2 aromatic carbocycles. The standard InChI is InChI=1S/C14H11BrF3NO/c1-20-12-6-11(18)8(15)5-7(12)14(19)13-9(16)3-2-4-10(13)17/h2-6,14H,19H2,1H3. The van der Waals surface area contributed by atoms with Crippen molar-refractivity contribution in [3.05, 3.63) is 63.4 Å². The Morgan fingerprint density at radius 3 is 2.25 bits per heavy atom. The van der Waals surface area contributed by atoms with E-state index in [0.29, 0.717) is 0 Å². The summed E-state index contributed by atoms with van der Waals surface area (Å²) in [5.74, 6) is -1.95. The summed E-state index contributed by atoms with van der Waals surface area (Å²) in [5, 5.41) is 0. The summed E-state index contributed by atoms with van der Waals surface area (Å²) in [4.78, 5) is 0. The van der Waals surface area contributed by atoms with Crippen LogP contribution in [0.5, 0.6) is 5.75 Å². The normalized spacial score (nSPS) is 12.3. The van der Waals surface area contributed by atoms with Gasteiger partial charge in [0.25, 0.3) is 0 Å². The Hall–Kier alpha value is -1.53. The van der Waals surface area contributed by atoms with Gasteiger partial charge in [-0.25, -0.2) is 13.2 Å². The molecule has 0 amide bonds. The van der Waals surface area contributed by atoms with Gasteiger partial charge in [-0.1, -0.05) is 6.07 Å². The Kier molecular flexibility index (Phi) is 4.35. The number of rotatable bonds is 3. The van der Waals surface area contributed by atoms with Crippen molar-refractivity contribution >= 4 is 15.9 Å². The van der Waals surface area contributed by atoms with Crippen LogP contribution in [0.4, 0.5) is 13.2 Å². The molecule has 1 unspecified atom stereocenters. The van der Waals surface area contributed by atoms with Gasteiger partial charge < -0.3 is 10.5 Å². The quantitative estimate of drug-likeness (QED) is 0.914. The molecule has 2 N–H and O–H groups in total. The fraction of sp³-hybridized carbons (Fsp3) is 0.143. The number of methoxy groups -OCH3 is 1. The summed E-state index contributed by atoms with van der Waals surface area (Å²) in [5.41, 5.74) is 5.90. The lowest BCUT2D eigenvalue weighted by molar-refractivity contribution is 0.402. The molecule has 20 heavy (non-hydrogen) atoms. The molecular formula is C14H11BrF3NO. The van der Waals surface area contributed by atoms with Crippen molar-refractivity contribution in [3.8, 4) is 5.75 Å². The highest BCUT2D eigenvalue weighted by Crippen LogP contribution is 2.34. The minimum absolute atomic E-state index is 0.126. The molecule has 0 aliphatic heterocycles. The van der Waals surface area contributed by atoms with Crippen molar-refractivity contribution in [1.29, 1.82) is 0 Å². The van der Waals surface area contributed by atoms with Crippen molar-refractivity contribution in [1.82, 2.24) is 0 Å². The van der Waals surface area contributed by atoms with Crippen molar-refractivity contribution in [2.24, 2.45) is 5.73 Å². The number of benzene rings is 2. The summed E-state index contributed by atoms with van der Waals surface area (Å²) in [6, 6.07) is 4.83. The minimum Gasteiger partial charge on any atom is -0.496 e. The lowest BCUT2D eigenvalue weighted by atomic mass is 9.97. The number of ether oxygens (including phenoxy) is 1. The molecule has 1 atom stereocenters. The summed E-state index contributed by atoms with van der Waals surface area (Å²) in [7, 11) is 1.33. The van der Waals surface area contributed by atoms with E-state index in [1.807, 2.05) is 0 Å². The third-order valence-electron chi connectivity index (χ3n) is 2.92. The highest BCUT2D eigenvalue weighted by Gasteiger charge is 2.22. The van der Waals surface area contributed by atoms with Crippen molar-refractivity contribution in [2.45, 2.75) is 6.04 Å². The second-order valence-electron chi connectivity index (χ2n) is 4.12. The fourth-order valence-corrected chi connectivity index (χ4v) is 2.29. The number of hydrogen-bond acceptors (Lipinski definition) is 2. The first kappa shape index (κ1) is 14.9. The Balaban J connectivity index is 2.59. The number of halogens is 4. The van der Waals surface area contributed by atoms with Crippen LogP contribution in [-0.4, -0.2) is 7.11 Å². The molecule has 0 heterocycles. The van der Waals surface area contributed by atoms with Gasteiger partial charge in [0.2, 0.25) is 0 Å². The fourth-order valence-electron chi connectivity index (χ4n) is 1.93. The van der Waals surface area contributed by atoms with Crippen LogP contribution in [0, 0.1) is 17.5 Å². The molecule has 106 valence electrons. The van der Waals surface area contributed by atoms with E-state index in [9.17, 15) is 13.2 Å². The van der Waals surface area contributed by atoms with Crippen molar-refractivity contribution in [3.63, 3.8) is 0 Å². The molecule has 0 aliphatic carbocycles. The van der Waals surface area contributed by atoms with Gasteiger partial charge in [-0.3, -0.25) is 0 Å². The van der Waals surface area contributed by atoms with Crippen molar-refractivity contribution < 1.29 is 17.9 Å². The molecule has 6 heteroatoms. The SMILES string of the molecule is COc1cc(F)c(Br)cc1C(N)c1c(F)cccc1F. The molecular weight excluding hydrogens is 335 g/mol.